The van der Waals surface area contributed by atoms with Gasteiger partial charge in [-0.15, -0.1) is 0 Å². The van der Waals surface area contributed by atoms with Crippen LogP contribution in [-0.2, 0) is 9.53 Å². The lowest BCUT2D eigenvalue weighted by Gasteiger charge is -2.22. The van der Waals surface area contributed by atoms with Crippen LogP contribution in [0.15, 0.2) is 30.6 Å². The van der Waals surface area contributed by atoms with Crippen LogP contribution in [0.5, 0.6) is 0 Å². The summed E-state index contributed by atoms with van der Waals surface area (Å²) in [6.07, 6.45) is 6.82. The van der Waals surface area contributed by atoms with Gasteiger partial charge in [-0.05, 0) is 44.9 Å². The minimum absolute atomic E-state index is 0.273. The Morgan fingerprint density at radius 2 is 1.95 bits per heavy atom. The Kier molecular flexibility index (Phi) is 6.56. The zero-order valence-corrected chi connectivity index (χ0v) is 13.4. The Morgan fingerprint density at radius 1 is 1.32 bits per heavy atom. The summed E-state index contributed by atoms with van der Waals surface area (Å²) in [4.78, 5) is 27.5. The second kappa shape index (κ2) is 8.17. The summed E-state index contributed by atoms with van der Waals surface area (Å²) < 4.78 is 5.17. The lowest BCUT2D eigenvalue weighted by Crippen LogP contribution is -2.47. The number of alkyl carbamates (subject to hydrolysis) is 1. The highest BCUT2D eigenvalue weighted by Crippen LogP contribution is 2.08. The number of carbonyl (C=O) groups excluding carboxylic acids is 2. The van der Waals surface area contributed by atoms with Gasteiger partial charge in [-0.2, -0.15) is 0 Å². The molecular weight excluding hydrogens is 282 g/mol. The fourth-order valence-corrected chi connectivity index (χ4v) is 1.67. The van der Waals surface area contributed by atoms with E-state index in [9.17, 15) is 9.59 Å². The summed E-state index contributed by atoms with van der Waals surface area (Å²) in [7, 11) is 1.53. The number of nitrogens with one attached hydrogen (secondary N) is 2. The third kappa shape index (κ3) is 6.88. The van der Waals surface area contributed by atoms with Crippen molar-refractivity contribution in [2.24, 2.45) is 0 Å². The Morgan fingerprint density at radius 3 is 2.50 bits per heavy atom. The van der Waals surface area contributed by atoms with Gasteiger partial charge in [0.1, 0.15) is 11.6 Å². The monoisotopic (exact) mass is 305 g/mol. The fourth-order valence-electron chi connectivity index (χ4n) is 1.67. The van der Waals surface area contributed by atoms with Crippen LogP contribution < -0.4 is 10.6 Å². The van der Waals surface area contributed by atoms with E-state index in [1.165, 1.54) is 7.05 Å². The van der Waals surface area contributed by atoms with Gasteiger partial charge in [0.05, 0.1) is 0 Å². The van der Waals surface area contributed by atoms with Crippen molar-refractivity contribution in [1.29, 1.82) is 0 Å². The molecule has 0 saturated heterocycles. The van der Waals surface area contributed by atoms with E-state index in [2.05, 4.69) is 15.6 Å². The van der Waals surface area contributed by atoms with Crippen molar-refractivity contribution in [3.8, 4) is 0 Å². The molecule has 1 aromatic heterocycles. The maximum Gasteiger partial charge on any atom is 0.408 e. The van der Waals surface area contributed by atoms with Crippen molar-refractivity contribution in [3.05, 3.63) is 36.2 Å². The molecule has 22 heavy (non-hydrogen) atoms. The summed E-state index contributed by atoms with van der Waals surface area (Å²) in [6.45, 7) is 5.31. The molecule has 120 valence electrons. The fraction of sp³-hybridized carbons (Fsp3) is 0.438. The number of likely N-dealkylation sites (N-methyl/N-ethyl adjacent to an activating group) is 1. The first-order valence-electron chi connectivity index (χ1n) is 7.09. The second-order valence-electron chi connectivity index (χ2n) is 5.73. The molecule has 1 atom stereocenters. The number of aromatic nitrogens is 1. The van der Waals surface area contributed by atoms with Gasteiger partial charge in [-0.3, -0.25) is 9.78 Å². The highest BCUT2D eigenvalue weighted by Gasteiger charge is 2.22. The molecule has 0 unspecified atom stereocenters. The third-order valence-electron chi connectivity index (χ3n) is 2.64. The van der Waals surface area contributed by atoms with E-state index in [1.54, 1.807) is 33.2 Å². The minimum Gasteiger partial charge on any atom is -0.444 e. The van der Waals surface area contributed by atoms with Crippen LogP contribution in [0.3, 0.4) is 0 Å². The van der Waals surface area contributed by atoms with E-state index in [4.69, 9.17) is 4.74 Å². The minimum atomic E-state index is -0.682. The van der Waals surface area contributed by atoms with E-state index < -0.39 is 17.7 Å². The third-order valence-corrected chi connectivity index (χ3v) is 2.64. The van der Waals surface area contributed by atoms with Crippen LogP contribution in [0.25, 0.3) is 6.08 Å². The van der Waals surface area contributed by atoms with E-state index in [-0.39, 0.29) is 5.91 Å². The molecule has 0 aromatic carbocycles. The summed E-state index contributed by atoms with van der Waals surface area (Å²) in [5, 5.41) is 5.10. The predicted molar refractivity (Wildman–Crippen MR) is 85.1 cm³/mol. The SMILES string of the molecule is CNC(=O)[C@H](C/C=C/c1ccncc1)NC(=O)OC(C)(C)C. The number of pyridine rings is 1. The molecule has 0 fully saturated rings. The van der Waals surface area contributed by atoms with E-state index >= 15 is 0 Å². The van der Waals surface area contributed by atoms with Crippen LogP contribution in [-0.4, -0.2) is 35.7 Å². The predicted octanol–water partition coefficient (Wildman–Crippen LogP) is 2.12. The number of carbonyl (C=O) groups is 2. The zero-order valence-electron chi connectivity index (χ0n) is 13.4. The molecule has 0 aliphatic rings. The average Bonchev–Trinajstić information content (AvgIpc) is 2.44. The van der Waals surface area contributed by atoms with Crippen molar-refractivity contribution < 1.29 is 14.3 Å². The molecule has 0 radical (unpaired) electrons. The molecule has 6 nitrogen and oxygen atoms in total. The first kappa shape index (κ1) is 17.7. The summed E-state index contributed by atoms with van der Waals surface area (Å²) in [5.41, 5.74) is 0.368. The molecule has 0 saturated carbocycles. The van der Waals surface area contributed by atoms with Crippen LogP contribution in [0, 0.1) is 0 Å². The molecule has 1 heterocycles. The van der Waals surface area contributed by atoms with Gasteiger partial charge in [0, 0.05) is 19.4 Å². The highest BCUT2D eigenvalue weighted by atomic mass is 16.6. The van der Waals surface area contributed by atoms with E-state index in [0.717, 1.165) is 5.56 Å². The highest BCUT2D eigenvalue weighted by molar-refractivity contribution is 5.85. The molecule has 2 amide bonds. The van der Waals surface area contributed by atoms with Crippen molar-refractivity contribution in [1.82, 2.24) is 15.6 Å². The van der Waals surface area contributed by atoms with Gasteiger partial charge in [-0.1, -0.05) is 12.2 Å². The molecular formula is C16H23N3O3. The second-order valence-corrected chi connectivity index (χ2v) is 5.73. The normalized spacial score (nSPS) is 12.7. The van der Waals surface area contributed by atoms with Gasteiger partial charge in [0.25, 0.3) is 0 Å². The van der Waals surface area contributed by atoms with Crippen molar-refractivity contribution in [3.63, 3.8) is 0 Å². The standard InChI is InChI=1S/C16H23N3O3/c1-16(2,3)22-15(21)19-13(14(20)17-4)7-5-6-12-8-10-18-11-9-12/h5-6,8-11,13H,7H2,1-4H3,(H,17,20)(H,19,21)/b6-5+/t13-/m0/s1. The first-order valence-corrected chi connectivity index (χ1v) is 7.09. The molecule has 0 aliphatic carbocycles. The maximum atomic E-state index is 11.8. The molecule has 0 aliphatic heterocycles. The Bertz CT molecular complexity index is 521. The van der Waals surface area contributed by atoms with Crippen LogP contribution in [0.2, 0.25) is 0 Å². The van der Waals surface area contributed by atoms with Crippen LogP contribution >= 0.6 is 0 Å². The number of amides is 2. The van der Waals surface area contributed by atoms with E-state index in [0.29, 0.717) is 6.42 Å². The molecule has 6 heteroatoms. The summed E-state index contributed by atoms with van der Waals surface area (Å²) in [6, 6.07) is 3.03. The largest absolute Gasteiger partial charge is 0.444 e. The number of ether oxygens (including phenoxy) is 1. The molecule has 2 N–H and O–H groups in total. The maximum absolute atomic E-state index is 11.8. The number of rotatable bonds is 5. The smallest absolute Gasteiger partial charge is 0.408 e. The van der Waals surface area contributed by atoms with Crippen LogP contribution in [0.1, 0.15) is 32.8 Å². The average molecular weight is 305 g/mol. The zero-order chi connectivity index (χ0) is 16.6. The lowest BCUT2D eigenvalue weighted by atomic mass is 10.1. The Labute approximate surface area is 131 Å². The van der Waals surface area contributed by atoms with Gasteiger partial charge in [-0.25, -0.2) is 4.79 Å². The quantitative estimate of drug-likeness (QED) is 0.873. The van der Waals surface area contributed by atoms with Crippen molar-refractivity contribution in [2.45, 2.75) is 38.8 Å². The Balaban J connectivity index is 2.63. The topological polar surface area (TPSA) is 80.3 Å². The van der Waals surface area contributed by atoms with Crippen molar-refractivity contribution in [2.75, 3.05) is 7.05 Å². The number of nitrogens with zero attached hydrogens (tertiary/aromatic N) is 1. The van der Waals surface area contributed by atoms with Gasteiger partial charge in [0.2, 0.25) is 5.91 Å². The molecule has 0 spiro atoms. The van der Waals surface area contributed by atoms with Gasteiger partial charge < -0.3 is 15.4 Å². The van der Waals surface area contributed by atoms with Crippen molar-refractivity contribution >= 4 is 18.1 Å². The molecule has 0 bridgehead atoms. The molecule has 1 rings (SSSR count). The molecule has 1 aromatic rings. The summed E-state index contributed by atoms with van der Waals surface area (Å²) >= 11 is 0. The first-order chi connectivity index (χ1) is 10.3. The van der Waals surface area contributed by atoms with Gasteiger partial charge in [0.15, 0.2) is 0 Å². The lowest BCUT2D eigenvalue weighted by molar-refractivity contribution is -0.122. The number of hydrogen-bond acceptors (Lipinski definition) is 4. The van der Waals surface area contributed by atoms with Crippen LogP contribution in [0.4, 0.5) is 4.79 Å². The van der Waals surface area contributed by atoms with E-state index in [1.807, 2.05) is 24.3 Å². The van der Waals surface area contributed by atoms with Gasteiger partial charge >= 0.3 is 6.09 Å². The Hall–Kier alpha value is -2.37. The summed E-state index contributed by atoms with van der Waals surface area (Å²) in [5.74, 6) is -0.273. The number of hydrogen-bond donors (Lipinski definition) is 2.